The molecule has 2 N–H and O–H groups in total. The number of rotatable bonds is 5. The highest BCUT2D eigenvalue weighted by molar-refractivity contribution is 7.17. The molecule has 0 radical (unpaired) electrons. The smallest absolute Gasteiger partial charge is 0.351 e. The summed E-state index contributed by atoms with van der Waals surface area (Å²) in [6.45, 7) is 2.33. The fourth-order valence-electron chi connectivity index (χ4n) is 1.65. The number of methoxy groups -OCH3 is 1. The number of carbonyl (C=O) groups is 1. The Labute approximate surface area is 119 Å². The summed E-state index contributed by atoms with van der Waals surface area (Å²) in [5.41, 5.74) is 0.655. The van der Waals surface area contributed by atoms with Gasteiger partial charge in [0.1, 0.15) is 5.01 Å². The molecule has 1 aromatic carbocycles. The number of benzene rings is 1. The number of carboxylic acid groups (broad SMARTS) is 1. The number of aromatic carboxylic acids is 1. The quantitative estimate of drug-likeness (QED) is 0.881. The highest BCUT2D eigenvalue weighted by Gasteiger charge is 2.18. The van der Waals surface area contributed by atoms with Gasteiger partial charge in [0.2, 0.25) is 5.88 Å². The van der Waals surface area contributed by atoms with Crippen molar-refractivity contribution in [2.24, 2.45) is 0 Å². The normalized spacial score (nSPS) is 10.3. The third kappa shape index (κ3) is 2.67. The summed E-state index contributed by atoms with van der Waals surface area (Å²) in [6.07, 6.45) is 0. The fraction of sp³-hybridized carbons (Fsp3) is 0.231. The van der Waals surface area contributed by atoms with E-state index in [-0.39, 0.29) is 4.88 Å². The SMILES string of the molecule is CCOc1cc(-c2nc(O)c(C(=O)O)s2)ccc1OC. The van der Waals surface area contributed by atoms with Gasteiger partial charge in [0.15, 0.2) is 16.4 Å². The van der Waals surface area contributed by atoms with Gasteiger partial charge in [-0.25, -0.2) is 9.78 Å². The number of aromatic hydroxyl groups is 1. The first-order valence-corrected chi connectivity index (χ1v) is 6.62. The van der Waals surface area contributed by atoms with Crippen LogP contribution in [0.4, 0.5) is 0 Å². The summed E-state index contributed by atoms with van der Waals surface area (Å²) >= 11 is 0.904. The second kappa shape index (κ2) is 5.79. The van der Waals surface area contributed by atoms with Crippen LogP contribution in [0.3, 0.4) is 0 Å². The van der Waals surface area contributed by atoms with Crippen molar-refractivity contribution in [2.45, 2.75) is 6.92 Å². The lowest BCUT2D eigenvalue weighted by Crippen LogP contribution is -1.95. The molecule has 1 aromatic heterocycles. The van der Waals surface area contributed by atoms with Gasteiger partial charge >= 0.3 is 5.97 Å². The minimum Gasteiger partial charge on any atom is -0.493 e. The van der Waals surface area contributed by atoms with Gasteiger partial charge in [-0.2, -0.15) is 0 Å². The van der Waals surface area contributed by atoms with E-state index in [1.54, 1.807) is 18.2 Å². The van der Waals surface area contributed by atoms with Crippen LogP contribution in [0, 0.1) is 0 Å². The number of thiazole rings is 1. The van der Waals surface area contributed by atoms with E-state index in [0.717, 1.165) is 11.3 Å². The van der Waals surface area contributed by atoms with Crippen LogP contribution in [-0.4, -0.2) is 34.9 Å². The Kier molecular flexibility index (Phi) is 4.09. The first-order valence-electron chi connectivity index (χ1n) is 5.81. The molecule has 0 atom stereocenters. The zero-order chi connectivity index (χ0) is 14.7. The Bertz CT molecular complexity index is 638. The molecule has 106 valence electrons. The first kappa shape index (κ1) is 14.1. The molecule has 6 nitrogen and oxygen atoms in total. The van der Waals surface area contributed by atoms with Crippen LogP contribution in [0.5, 0.6) is 17.4 Å². The minimum atomic E-state index is -1.20. The summed E-state index contributed by atoms with van der Waals surface area (Å²) in [5, 5.41) is 18.8. The molecule has 0 unspecified atom stereocenters. The van der Waals surface area contributed by atoms with Crippen LogP contribution >= 0.6 is 11.3 Å². The Morgan fingerprint density at radius 2 is 2.15 bits per heavy atom. The summed E-state index contributed by atoms with van der Waals surface area (Å²) in [7, 11) is 1.54. The minimum absolute atomic E-state index is 0.186. The molecule has 0 spiro atoms. The molecule has 0 aliphatic heterocycles. The molecule has 0 fully saturated rings. The fourth-order valence-corrected chi connectivity index (χ4v) is 2.45. The number of ether oxygens (including phenoxy) is 2. The topological polar surface area (TPSA) is 88.9 Å². The Morgan fingerprint density at radius 3 is 2.70 bits per heavy atom. The average Bonchev–Trinajstić information content (AvgIpc) is 2.81. The lowest BCUT2D eigenvalue weighted by molar-refractivity contribution is 0.0699. The molecular weight excluding hydrogens is 282 g/mol. The second-order valence-electron chi connectivity index (χ2n) is 3.78. The van der Waals surface area contributed by atoms with E-state index in [4.69, 9.17) is 14.6 Å². The molecule has 0 saturated heterocycles. The van der Waals surface area contributed by atoms with Crippen molar-refractivity contribution in [3.63, 3.8) is 0 Å². The summed E-state index contributed by atoms with van der Waals surface area (Å²) in [6, 6.07) is 5.14. The Hall–Kier alpha value is -2.28. The van der Waals surface area contributed by atoms with E-state index < -0.39 is 11.8 Å². The van der Waals surface area contributed by atoms with Crippen molar-refractivity contribution in [1.82, 2.24) is 4.98 Å². The second-order valence-corrected chi connectivity index (χ2v) is 4.77. The molecule has 0 amide bonds. The Morgan fingerprint density at radius 1 is 1.40 bits per heavy atom. The predicted molar refractivity (Wildman–Crippen MR) is 73.9 cm³/mol. The third-order valence-corrected chi connectivity index (χ3v) is 3.60. The first-order chi connectivity index (χ1) is 9.56. The summed E-state index contributed by atoms with van der Waals surface area (Å²) in [5.74, 6) is -0.565. The molecule has 0 bridgehead atoms. The van der Waals surface area contributed by atoms with Crippen molar-refractivity contribution in [2.75, 3.05) is 13.7 Å². The van der Waals surface area contributed by atoms with Gasteiger partial charge < -0.3 is 19.7 Å². The number of carboxylic acids is 1. The maximum absolute atomic E-state index is 10.9. The number of hydrogen-bond acceptors (Lipinski definition) is 6. The van der Waals surface area contributed by atoms with Crippen molar-refractivity contribution in [3.8, 4) is 28.0 Å². The van der Waals surface area contributed by atoms with Crippen molar-refractivity contribution < 1.29 is 24.5 Å². The molecule has 0 saturated carbocycles. The van der Waals surface area contributed by atoms with Crippen LogP contribution < -0.4 is 9.47 Å². The van der Waals surface area contributed by atoms with Crippen LogP contribution in [-0.2, 0) is 0 Å². The maximum Gasteiger partial charge on any atom is 0.351 e. The number of nitrogens with zero attached hydrogens (tertiary/aromatic N) is 1. The molecule has 1 heterocycles. The molecule has 0 aliphatic carbocycles. The predicted octanol–water partition coefficient (Wildman–Crippen LogP) is 2.62. The van der Waals surface area contributed by atoms with E-state index >= 15 is 0 Å². The molecule has 7 heteroatoms. The van der Waals surface area contributed by atoms with E-state index in [1.165, 1.54) is 7.11 Å². The standard InChI is InChI=1S/C13H13NO5S/c1-3-19-9-6-7(4-5-8(9)18-2)12-14-11(15)10(20-12)13(16)17/h4-6,15H,3H2,1-2H3,(H,16,17). The Balaban J connectivity index is 2.44. The monoisotopic (exact) mass is 295 g/mol. The van der Waals surface area contributed by atoms with Crippen molar-refractivity contribution in [1.29, 1.82) is 0 Å². The van der Waals surface area contributed by atoms with Gasteiger partial charge in [-0.3, -0.25) is 0 Å². The molecular formula is C13H13NO5S. The van der Waals surface area contributed by atoms with Crippen LogP contribution in [0.1, 0.15) is 16.6 Å². The van der Waals surface area contributed by atoms with Crippen molar-refractivity contribution in [3.05, 3.63) is 23.1 Å². The van der Waals surface area contributed by atoms with Gasteiger partial charge in [-0.15, -0.1) is 11.3 Å². The molecule has 20 heavy (non-hydrogen) atoms. The highest BCUT2D eigenvalue weighted by Crippen LogP contribution is 2.36. The molecule has 2 rings (SSSR count). The van der Waals surface area contributed by atoms with E-state index in [1.807, 2.05) is 6.92 Å². The van der Waals surface area contributed by atoms with E-state index in [2.05, 4.69) is 4.98 Å². The highest BCUT2D eigenvalue weighted by atomic mass is 32.1. The molecule has 2 aromatic rings. The lowest BCUT2D eigenvalue weighted by atomic mass is 10.2. The summed E-state index contributed by atoms with van der Waals surface area (Å²) < 4.78 is 10.6. The van der Waals surface area contributed by atoms with E-state index in [0.29, 0.717) is 28.7 Å². The largest absolute Gasteiger partial charge is 0.493 e. The molecule has 0 aliphatic rings. The zero-order valence-electron chi connectivity index (χ0n) is 10.9. The summed E-state index contributed by atoms with van der Waals surface area (Å²) in [4.78, 5) is 14.6. The third-order valence-electron chi connectivity index (χ3n) is 2.51. The van der Waals surface area contributed by atoms with Crippen LogP contribution in [0.25, 0.3) is 10.6 Å². The van der Waals surface area contributed by atoms with Crippen LogP contribution in [0.15, 0.2) is 18.2 Å². The van der Waals surface area contributed by atoms with Gasteiger partial charge in [-0.05, 0) is 25.1 Å². The van der Waals surface area contributed by atoms with Gasteiger partial charge in [0.25, 0.3) is 0 Å². The van der Waals surface area contributed by atoms with E-state index in [9.17, 15) is 9.90 Å². The average molecular weight is 295 g/mol. The van der Waals surface area contributed by atoms with Gasteiger partial charge in [0, 0.05) is 5.56 Å². The number of hydrogen-bond donors (Lipinski definition) is 2. The van der Waals surface area contributed by atoms with Gasteiger partial charge in [0.05, 0.1) is 13.7 Å². The zero-order valence-corrected chi connectivity index (χ0v) is 11.7. The number of aromatic nitrogens is 1. The van der Waals surface area contributed by atoms with Gasteiger partial charge in [-0.1, -0.05) is 0 Å². The van der Waals surface area contributed by atoms with Crippen molar-refractivity contribution >= 4 is 17.3 Å². The maximum atomic E-state index is 10.9. The van der Waals surface area contributed by atoms with Crippen LogP contribution in [0.2, 0.25) is 0 Å². The lowest BCUT2D eigenvalue weighted by Gasteiger charge is -2.09.